The topological polar surface area (TPSA) is 64.1 Å². The first-order valence-corrected chi connectivity index (χ1v) is 6.79. The summed E-state index contributed by atoms with van der Waals surface area (Å²) in [6.45, 7) is 1.95. The Balaban J connectivity index is 2.05. The van der Waals surface area contributed by atoms with Crippen molar-refractivity contribution in [3.8, 4) is 11.4 Å². The number of benzene rings is 2. The van der Waals surface area contributed by atoms with E-state index in [0.717, 1.165) is 22.5 Å². The summed E-state index contributed by atoms with van der Waals surface area (Å²) in [4.78, 5) is 4.23. The van der Waals surface area contributed by atoms with Gasteiger partial charge in [0.1, 0.15) is 5.75 Å². The molecule has 3 N–H and O–H groups in total. The monoisotopic (exact) mass is 279 g/mol. The Hall–Kier alpha value is -2.59. The van der Waals surface area contributed by atoms with E-state index < -0.39 is 0 Å². The van der Waals surface area contributed by atoms with Gasteiger partial charge in [-0.05, 0) is 36.2 Å². The highest BCUT2D eigenvalue weighted by atomic mass is 16.3. The molecular weight excluding hydrogens is 262 g/mol. The molecule has 4 nitrogen and oxygen atoms in total. The maximum Gasteiger partial charge on any atom is 0.115 e. The number of rotatable bonds is 3. The summed E-state index contributed by atoms with van der Waals surface area (Å²) in [6.07, 6.45) is 3.53. The van der Waals surface area contributed by atoms with Crippen molar-refractivity contribution in [2.75, 3.05) is 0 Å². The van der Waals surface area contributed by atoms with Gasteiger partial charge in [0.25, 0.3) is 0 Å². The first-order chi connectivity index (χ1) is 10.2. The van der Waals surface area contributed by atoms with Crippen LogP contribution in [0.5, 0.6) is 5.75 Å². The molecule has 1 atom stereocenters. The highest BCUT2D eigenvalue weighted by Gasteiger charge is 2.15. The van der Waals surface area contributed by atoms with Gasteiger partial charge >= 0.3 is 0 Å². The molecule has 0 aliphatic heterocycles. The van der Waals surface area contributed by atoms with Gasteiger partial charge < -0.3 is 15.4 Å². The quantitative estimate of drug-likeness (QED) is 0.774. The molecule has 0 aliphatic carbocycles. The van der Waals surface area contributed by atoms with Crippen LogP contribution in [0.2, 0.25) is 0 Å². The molecule has 21 heavy (non-hydrogen) atoms. The second-order valence-corrected chi connectivity index (χ2v) is 5.05. The van der Waals surface area contributed by atoms with Crippen molar-refractivity contribution in [3.05, 3.63) is 77.9 Å². The van der Waals surface area contributed by atoms with E-state index in [0.29, 0.717) is 0 Å². The van der Waals surface area contributed by atoms with Gasteiger partial charge in [0.05, 0.1) is 29.9 Å². The lowest BCUT2D eigenvalue weighted by atomic mass is 10.0. The van der Waals surface area contributed by atoms with Crippen LogP contribution < -0.4 is 5.73 Å². The molecule has 0 amide bonds. The van der Waals surface area contributed by atoms with Crippen LogP contribution in [0, 0.1) is 6.92 Å². The van der Waals surface area contributed by atoms with Gasteiger partial charge in [0.2, 0.25) is 0 Å². The van der Waals surface area contributed by atoms with Crippen molar-refractivity contribution in [1.29, 1.82) is 0 Å². The van der Waals surface area contributed by atoms with E-state index in [4.69, 9.17) is 5.73 Å². The maximum atomic E-state index is 9.54. The Morgan fingerprint density at radius 3 is 2.62 bits per heavy atom. The third kappa shape index (κ3) is 2.53. The number of phenols is 1. The van der Waals surface area contributed by atoms with E-state index in [9.17, 15) is 5.11 Å². The van der Waals surface area contributed by atoms with Crippen molar-refractivity contribution in [1.82, 2.24) is 9.55 Å². The first kappa shape index (κ1) is 13.4. The fourth-order valence-corrected chi connectivity index (χ4v) is 2.48. The third-order valence-electron chi connectivity index (χ3n) is 3.58. The highest BCUT2D eigenvalue weighted by Crippen LogP contribution is 2.25. The number of imidazole rings is 1. The maximum absolute atomic E-state index is 9.54. The number of phenolic OH excluding ortho intramolecular Hbond substituents is 1. The van der Waals surface area contributed by atoms with E-state index in [1.54, 1.807) is 24.7 Å². The first-order valence-electron chi connectivity index (χ1n) is 6.79. The van der Waals surface area contributed by atoms with Crippen LogP contribution in [-0.4, -0.2) is 14.7 Å². The second kappa shape index (κ2) is 5.42. The summed E-state index contributed by atoms with van der Waals surface area (Å²) in [5, 5.41) is 9.54. The van der Waals surface area contributed by atoms with Crippen LogP contribution in [0.4, 0.5) is 0 Å². The van der Waals surface area contributed by atoms with Gasteiger partial charge in [-0.25, -0.2) is 4.98 Å². The predicted molar refractivity (Wildman–Crippen MR) is 82.4 cm³/mol. The average Bonchev–Trinajstić information content (AvgIpc) is 2.96. The van der Waals surface area contributed by atoms with E-state index in [1.165, 1.54) is 0 Å². The fourth-order valence-electron chi connectivity index (χ4n) is 2.48. The lowest BCUT2D eigenvalue weighted by molar-refractivity contribution is 0.474. The van der Waals surface area contributed by atoms with E-state index >= 15 is 0 Å². The predicted octanol–water partition coefficient (Wildman–Crippen LogP) is 2.93. The Labute approximate surface area is 123 Å². The van der Waals surface area contributed by atoms with Gasteiger partial charge in [0.15, 0.2) is 0 Å². The Morgan fingerprint density at radius 1 is 1.14 bits per heavy atom. The lowest BCUT2D eigenvalue weighted by Crippen LogP contribution is -2.16. The van der Waals surface area contributed by atoms with Crippen molar-refractivity contribution in [3.63, 3.8) is 0 Å². The molecule has 0 radical (unpaired) electrons. The summed E-state index contributed by atoms with van der Waals surface area (Å²) >= 11 is 0. The molecule has 0 fully saturated rings. The van der Waals surface area contributed by atoms with Crippen molar-refractivity contribution in [2.45, 2.75) is 13.0 Å². The van der Waals surface area contributed by atoms with Crippen molar-refractivity contribution < 1.29 is 5.11 Å². The Kier molecular flexibility index (Phi) is 3.46. The largest absolute Gasteiger partial charge is 0.508 e. The SMILES string of the molecule is Cc1cc(O)ccc1-n1cncc1C(N)c1ccccc1. The number of aromatic nitrogens is 2. The molecule has 0 aliphatic rings. The van der Waals surface area contributed by atoms with Crippen molar-refractivity contribution >= 4 is 0 Å². The zero-order chi connectivity index (χ0) is 14.8. The zero-order valence-corrected chi connectivity index (χ0v) is 11.8. The van der Waals surface area contributed by atoms with Crippen LogP contribution in [0.1, 0.15) is 22.9 Å². The van der Waals surface area contributed by atoms with Crippen molar-refractivity contribution in [2.24, 2.45) is 5.73 Å². The molecule has 3 aromatic rings. The average molecular weight is 279 g/mol. The zero-order valence-electron chi connectivity index (χ0n) is 11.8. The molecular formula is C17H17N3O. The van der Waals surface area contributed by atoms with Gasteiger partial charge in [-0.2, -0.15) is 0 Å². The lowest BCUT2D eigenvalue weighted by Gasteiger charge is -2.16. The fraction of sp³-hybridized carbons (Fsp3) is 0.118. The minimum atomic E-state index is -0.248. The molecule has 2 aromatic carbocycles. The van der Waals surface area contributed by atoms with Crippen LogP contribution in [0.25, 0.3) is 5.69 Å². The molecule has 1 heterocycles. The van der Waals surface area contributed by atoms with E-state index in [2.05, 4.69) is 4.98 Å². The normalized spacial score (nSPS) is 12.3. The third-order valence-corrected chi connectivity index (χ3v) is 3.58. The van der Waals surface area contributed by atoms with Crippen LogP contribution >= 0.6 is 0 Å². The number of nitrogens with two attached hydrogens (primary N) is 1. The summed E-state index contributed by atoms with van der Waals surface area (Å²) in [7, 11) is 0. The minimum Gasteiger partial charge on any atom is -0.508 e. The van der Waals surface area contributed by atoms with Gasteiger partial charge in [-0.3, -0.25) is 0 Å². The molecule has 0 bridgehead atoms. The van der Waals surface area contributed by atoms with Crippen LogP contribution in [0.15, 0.2) is 61.1 Å². The summed E-state index contributed by atoms with van der Waals surface area (Å²) < 4.78 is 1.96. The Bertz CT molecular complexity index is 750. The van der Waals surface area contributed by atoms with Gasteiger partial charge in [-0.1, -0.05) is 30.3 Å². The molecule has 4 heteroatoms. The smallest absolute Gasteiger partial charge is 0.115 e. The summed E-state index contributed by atoms with van der Waals surface area (Å²) in [6, 6.07) is 14.9. The molecule has 1 unspecified atom stereocenters. The van der Waals surface area contributed by atoms with E-state index in [1.807, 2.05) is 47.9 Å². The number of hydrogen-bond acceptors (Lipinski definition) is 3. The van der Waals surface area contributed by atoms with Crippen LogP contribution in [-0.2, 0) is 0 Å². The molecule has 0 saturated heterocycles. The Morgan fingerprint density at radius 2 is 1.90 bits per heavy atom. The molecule has 106 valence electrons. The number of aromatic hydroxyl groups is 1. The second-order valence-electron chi connectivity index (χ2n) is 5.05. The molecule has 0 saturated carbocycles. The standard InChI is InChI=1S/C17H17N3O/c1-12-9-14(21)7-8-15(12)20-11-19-10-16(20)17(18)13-5-3-2-4-6-13/h2-11,17,21H,18H2,1H3. The van der Waals surface area contributed by atoms with Gasteiger partial charge in [0, 0.05) is 0 Å². The molecule has 1 aromatic heterocycles. The number of aryl methyl sites for hydroxylation is 1. The number of nitrogens with zero attached hydrogens (tertiary/aromatic N) is 2. The minimum absolute atomic E-state index is 0.248. The molecule has 3 rings (SSSR count). The van der Waals surface area contributed by atoms with E-state index in [-0.39, 0.29) is 11.8 Å². The summed E-state index contributed by atoms with van der Waals surface area (Å²) in [5.41, 5.74) is 10.3. The number of hydrogen-bond donors (Lipinski definition) is 2. The highest BCUT2D eigenvalue weighted by molar-refractivity contribution is 5.46. The summed E-state index contributed by atoms with van der Waals surface area (Å²) in [5.74, 6) is 0.255. The molecule has 0 spiro atoms. The van der Waals surface area contributed by atoms with Crippen LogP contribution in [0.3, 0.4) is 0 Å². The van der Waals surface area contributed by atoms with Gasteiger partial charge in [-0.15, -0.1) is 0 Å².